The molecule has 0 atom stereocenters. The van der Waals surface area contributed by atoms with Crippen molar-refractivity contribution in [3.8, 4) is 0 Å². The molecule has 0 spiro atoms. The van der Waals surface area contributed by atoms with Crippen LogP contribution in [0.25, 0.3) is 0 Å². The fourth-order valence-electron chi connectivity index (χ4n) is 2.13. The largest absolute Gasteiger partial charge is 0.397 e. The van der Waals surface area contributed by atoms with Gasteiger partial charge >= 0.3 is 0 Å². The van der Waals surface area contributed by atoms with Crippen molar-refractivity contribution in [1.29, 1.82) is 0 Å². The summed E-state index contributed by atoms with van der Waals surface area (Å²) in [7, 11) is 0. The fraction of sp³-hybridized carbons (Fsp3) is 0.500. The third kappa shape index (κ3) is 3.38. The van der Waals surface area contributed by atoms with Crippen molar-refractivity contribution < 1.29 is 9.53 Å². The Balaban J connectivity index is 2.14. The fourth-order valence-corrected chi connectivity index (χ4v) is 2.13. The Morgan fingerprint density at radius 1 is 1.37 bits per heavy atom. The number of nitrogens with one attached hydrogen (secondary N) is 1. The van der Waals surface area contributed by atoms with E-state index in [9.17, 15) is 4.79 Å². The van der Waals surface area contributed by atoms with Gasteiger partial charge in [-0.1, -0.05) is 0 Å². The van der Waals surface area contributed by atoms with Gasteiger partial charge in [-0.05, 0) is 32.0 Å². The summed E-state index contributed by atoms with van der Waals surface area (Å²) in [6.07, 6.45) is 0. The molecule has 0 bridgehead atoms. The van der Waals surface area contributed by atoms with Gasteiger partial charge in [0.2, 0.25) is 0 Å². The summed E-state index contributed by atoms with van der Waals surface area (Å²) in [5.41, 5.74) is 8.27. The van der Waals surface area contributed by atoms with Gasteiger partial charge in [0, 0.05) is 24.7 Å². The summed E-state index contributed by atoms with van der Waals surface area (Å²) < 4.78 is 5.32. The third-order valence-corrected chi connectivity index (χ3v) is 3.06. The average Bonchev–Trinajstić information content (AvgIpc) is 2.38. The van der Waals surface area contributed by atoms with E-state index >= 15 is 0 Å². The highest BCUT2D eigenvalue weighted by Gasteiger charge is 2.15. The van der Waals surface area contributed by atoms with Crippen LogP contribution in [-0.4, -0.2) is 38.3 Å². The van der Waals surface area contributed by atoms with Gasteiger partial charge in [0.1, 0.15) is 0 Å². The molecule has 1 heterocycles. The summed E-state index contributed by atoms with van der Waals surface area (Å²) in [5.74, 6) is -0.0878. The van der Waals surface area contributed by atoms with Crippen molar-refractivity contribution >= 4 is 17.3 Å². The molecule has 0 saturated carbocycles. The number of benzene rings is 1. The first-order valence-corrected chi connectivity index (χ1v) is 6.61. The molecule has 0 unspecified atom stereocenters. The molecular formula is C14H21N3O2. The minimum atomic E-state index is -0.0878. The second-order valence-corrected chi connectivity index (χ2v) is 5.00. The second kappa shape index (κ2) is 5.93. The van der Waals surface area contributed by atoms with Crippen LogP contribution in [0.5, 0.6) is 0 Å². The van der Waals surface area contributed by atoms with Gasteiger partial charge in [-0.2, -0.15) is 0 Å². The van der Waals surface area contributed by atoms with Gasteiger partial charge in [0.25, 0.3) is 5.91 Å². The van der Waals surface area contributed by atoms with Crippen molar-refractivity contribution in [2.24, 2.45) is 0 Å². The summed E-state index contributed by atoms with van der Waals surface area (Å²) in [6, 6.07) is 5.59. The van der Waals surface area contributed by atoms with E-state index in [2.05, 4.69) is 10.2 Å². The van der Waals surface area contributed by atoms with Crippen LogP contribution < -0.4 is 16.0 Å². The number of nitrogen functional groups attached to an aromatic ring is 1. The first-order valence-electron chi connectivity index (χ1n) is 6.61. The maximum Gasteiger partial charge on any atom is 0.251 e. The minimum absolute atomic E-state index is 0.0878. The summed E-state index contributed by atoms with van der Waals surface area (Å²) in [4.78, 5) is 14.1. The number of carbonyl (C=O) groups excluding carboxylic acids is 1. The number of hydrogen-bond donors (Lipinski definition) is 2. The first kappa shape index (κ1) is 13.7. The standard InChI is InChI=1S/C14H21N3O2/c1-10(2)16-14(18)11-3-4-13(12(15)9-11)17-5-7-19-8-6-17/h3-4,9-10H,5-8,15H2,1-2H3,(H,16,18). The SMILES string of the molecule is CC(C)NC(=O)c1ccc(N2CCOCC2)c(N)c1. The van der Waals surface area contributed by atoms with E-state index in [0.717, 1.165) is 32.0 Å². The van der Waals surface area contributed by atoms with Crippen molar-refractivity contribution in [2.75, 3.05) is 36.9 Å². The Labute approximate surface area is 113 Å². The van der Waals surface area contributed by atoms with Gasteiger partial charge in [0.05, 0.1) is 24.6 Å². The van der Waals surface area contributed by atoms with Crippen LogP contribution >= 0.6 is 0 Å². The van der Waals surface area contributed by atoms with E-state index in [4.69, 9.17) is 10.5 Å². The average molecular weight is 263 g/mol. The highest BCUT2D eigenvalue weighted by molar-refractivity contribution is 5.96. The van der Waals surface area contributed by atoms with Gasteiger partial charge in [-0.15, -0.1) is 0 Å². The molecule has 1 aromatic carbocycles. The van der Waals surface area contributed by atoms with Gasteiger partial charge in [0.15, 0.2) is 0 Å². The smallest absolute Gasteiger partial charge is 0.251 e. The van der Waals surface area contributed by atoms with Crippen LogP contribution in [0.3, 0.4) is 0 Å². The molecule has 1 aromatic rings. The zero-order valence-electron chi connectivity index (χ0n) is 11.5. The van der Waals surface area contributed by atoms with E-state index in [1.165, 1.54) is 0 Å². The number of hydrogen-bond acceptors (Lipinski definition) is 4. The molecular weight excluding hydrogens is 242 g/mol. The maximum absolute atomic E-state index is 11.9. The zero-order chi connectivity index (χ0) is 13.8. The summed E-state index contributed by atoms with van der Waals surface area (Å²) in [5, 5.41) is 2.86. The van der Waals surface area contributed by atoms with Crippen LogP contribution in [0.1, 0.15) is 24.2 Å². The molecule has 104 valence electrons. The van der Waals surface area contributed by atoms with Crippen LogP contribution in [0, 0.1) is 0 Å². The molecule has 19 heavy (non-hydrogen) atoms. The number of morpholine rings is 1. The van der Waals surface area contributed by atoms with E-state index in [1.54, 1.807) is 6.07 Å². The molecule has 1 saturated heterocycles. The number of anilines is 2. The monoisotopic (exact) mass is 263 g/mol. The molecule has 1 amide bonds. The minimum Gasteiger partial charge on any atom is -0.397 e. The molecule has 2 rings (SSSR count). The normalized spacial score (nSPS) is 15.6. The van der Waals surface area contributed by atoms with Crippen LogP contribution in [-0.2, 0) is 4.74 Å². The van der Waals surface area contributed by atoms with Crippen molar-refractivity contribution in [3.63, 3.8) is 0 Å². The number of nitrogens with two attached hydrogens (primary N) is 1. The summed E-state index contributed by atoms with van der Waals surface area (Å²) >= 11 is 0. The number of amides is 1. The Morgan fingerprint density at radius 3 is 2.63 bits per heavy atom. The molecule has 5 nitrogen and oxygen atoms in total. The lowest BCUT2D eigenvalue weighted by Gasteiger charge is -2.30. The molecule has 1 aliphatic heterocycles. The topological polar surface area (TPSA) is 67.6 Å². The van der Waals surface area contributed by atoms with Crippen LogP contribution in [0.15, 0.2) is 18.2 Å². The number of nitrogens with zero attached hydrogens (tertiary/aromatic N) is 1. The Kier molecular flexibility index (Phi) is 4.27. The first-order chi connectivity index (χ1) is 9.08. The molecule has 0 radical (unpaired) electrons. The second-order valence-electron chi connectivity index (χ2n) is 5.00. The number of carbonyl (C=O) groups is 1. The Bertz CT molecular complexity index is 454. The molecule has 0 aliphatic carbocycles. The van der Waals surface area contributed by atoms with E-state index in [-0.39, 0.29) is 11.9 Å². The lowest BCUT2D eigenvalue weighted by Crippen LogP contribution is -2.36. The van der Waals surface area contributed by atoms with Crippen molar-refractivity contribution in [2.45, 2.75) is 19.9 Å². The lowest BCUT2D eigenvalue weighted by molar-refractivity contribution is 0.0943. The molecule has 0 aromatic heterocycles. The lowest BCUT2D eigenvalue weighted by atomic mass is 10.1. The zero-order valence-corrected chi connectivity index (χ0v) is 11.5. The van der Waals surface area contributed by atoms with Gasteiger partial charge < -0.3 is 20.7 Å². The number of ether oxygens (including phenoxy) is 1. The van der Waals surface area contributed by atoms with Crippen molar-refractivity contribution in [1.82, 2.24) is 5.32 Å². The quantitative estimate of drug-likeness (QED) is 0.805. The van der Waals surface area contributed by atoms with E-state index in [1.807, 2.05) is 26.0 Å². The predicted octanol–water partition coefficient (Wildman–Crippen LogP) is 1.24. The highest BCUT2D eigenvalue weighted by Crippen LogP contribution is 2.25. The van der Waals surface area contributed by atoms with E-state index < -0.39 is 0 Å². The van der Waals surface area contributed by atoms with Crippen LogP contribution in [0.2, 0.25) is 0 Å². The van der Waals surface area contributed by atoms with E-state index in [0.29, 0.717) is 11.3 Å². The molecule has 1 fully saturated rings. The van der Waals surface area contributed by atoms with Gasteiger partial charge in [-0.3, -0.25) is 4.79 Å². The molecule has 3 N–H and O–H groups in total. The predicted molar refractivity (Wildman–Crippen MR) is 76.5 cm³/mol. The van der Waals surface area contributed by atoms with Crippen LogP contribution in [0.4, 0.5) is 11.4 Å². The Morgan fingerprint density at radius 2 is 2.05 bits per heavy atom. The third-order valence-electron chi connectivity index (χ3n) is 3.06. The Hall–Kier alpha value is -1.75. The number of rotatable bonds is 3. The maximum atomic E-state index is 11.9. The summed E-state index contributed by atoms with van der Waals surface area (Å²) in [6.45, 7) is 6.97. The van der Waals surface area contributed by atoms with Crippen molar-refractivity contribution in [3.05, 3.63) is 23.8 Å². The highest BCUT2D eigenvalue weighted by atomic mass is 16.5. The molecule has 5 heteroatoms. The van der Waals surface area contributed by atoms with Gasteiger partial charge in [-0.25, -0.2) is 0 Å². The molecule has 1 aliphatic rings.